The number of hydrogen-bond acceptors (Lipinski definition) is 6. The number of nitrogens with one attached hydrogen (secondary N) is 1. The fourth-order valence-corrected chi connectivity index (χ4v) is 7.14. The van der Waals surface area contributed by atoms with Gasteiger partial charge in [0.1, 0.15) is 0 Å². The molecule has 9 nitrogen and oxygen atoms in total. The topological polar surface area (TPSA) is 110 Å². The van der Waals surface area contributed by atoms with Gasteiger partial charge in [0.05, 0.1) is 30.0 Å². The second kappa shape index (κ2) is 12.6. The number of primary amides is 1. The second-order valence-corrected chi connectivity index (χ2v) is 12.5. The summed E-state index contributed by atoms with van der Waals surface area (Å²) >= 11 is 0. The van der Waals surface area contributed by atoms with Crippen molar-refractivity contribution in [3.8, 4) is 5.69 Å². The number of sulfonamides is 1. The summed E-state index contributed by atoms with van der Waals surface area (Å²) in [5.74, 6) is -0.0335. The summed E-state index contributed by atoms with van der Waals surface area (Å²) in [5, 5.41) is 4.26. The number of morpholine rings is 1. The Balaban J connectivity index is 1.13. The summed E-state index contributed by atoms with van der Waals surface area (Å²) in [6, 6.07) is 15.9. The third kappa shape index (κ3) is 6.70. The van der Waals surface area contributed by atoms with E-state index in [0.29, 0.717) is 25.2 Å². The number of carbonyl (C=O) groups excluding carboxylic acids is 1. The molecule has 1 amide bonds. The van der Waals surface area contributed by atoms with Gasteiger partial charge in [-0.25, -0.2) is 12.7 Å². The minimum Gasteiger partial charge on any atom is -0.379 e. The summed E-state index contributed by atoms with van der Waals surface area (Å²) in [4.78, 5) is 14.4. The molecule has 0 atom stereocenters. The van der Waals surface area contributed by atoms with Crippen molar-refractivity contribution < 1.29 is 17.9 Å². The summed E-state index contributed by atoms with van der Waals surface area (Å²) in [6.07, 6.45) is 4.54. The van der Waals surface area contributed by atoms with Crippen LogP contribution in [0.15, 0.2) is 54.7 Å². The predicted molar refractivity (Wildman–Crippen MR) is 154 cm³/mol. The molecule has 0 unspecified atom stereocenters. The minimum atomic E-state index is -3.28. The summed E-state index contributed by atoms with van der Waals surface area (Å²) < 4.78 is 34.9. The molecule has 1 aromatic heterocycles. The van der Waals surface area contributed by atoms with Crippen molar-refractivity contribution in [3.05, 3.63) is 65.9 Å². The first-order chi connectivity index (χ1) is 18.9. The van der Waals surface area contributed by atoms with E-state index in [1.807, 2.05) is 41.1 Å². The van der Waals surface area contributed by atoms with Gasteiger partial charge in [-0.2, -0.15) is 0 Å². The Morgan fingerprint density at radius 1 is 1.00 bits per heavy atom. The number of piperidine rings is 1. The van der Waals surface area contributed by atoms with Gasteiger partial charge in [0.2, 0.25) is 10.0 Å². The Morgan fingerprint density at radius 2 is 1.77 bits per heavy atom. The lowest BCUT2D eigenvalue weighted by atomic mass is 9.90. The molecule has 0 aliphatic carbocycles. The SMILES string of the molecule is NC(=O)c1cccc2ccn(-c3cccc(C4CCN(S(=O)(=O)CCNCCCN5CCOCC5)CC4)c3)c12. The van der Waals surface area contributed by atoms with E-state index in [0.717, 1.165) is 75.2 Å². The molecule has 0 radical (unpaired) electrons. The van der Waals surface area contributed by atoms with Crippen molar-refractivity contribution in [3.63, 3.8) is 0 Å². The highest BCUT2D eigenvalue weighted by molar-refractivity contribution is 7.89. The van der Waals surface area contributed by atoms with Crippen molar-refractivity contribution in [2.24, 2.45) is 5.73 Å². The molecule has 2 aromatic carbocycles. The van der Waals surface area contributed by atoms with E-state index < -0.39 is 15.9 Å². The first-order valence-corrected chi connectivity index (χ1v) is 15.5. The Labute approximate surface area is 230 Å². The highest BCUT2D eigenvalue weighted by Gasteiger charge is 2.28. The van der Waals surface area contributed by atoms with Crippen molar-refractivity contribution in [2.45, 2.75) is 25.2 Å². The minimum absolute atomic E-state index is 0.133. The fourth-order valence-electron chi connectivity index (χ4n) is 5.71. The molecule has 2 fully saturated rings. The lowest BCUT2D eigenvalue weighted by molar-refractivity contribution is 0.0375. The Bertz CT molecular complexity index is 1380. The maximum atomic E-state index is 13.0. The molecule has 2 saturated heterocycles. The van der Waals surface area contributed by atoms with Gasteiger partial charge in [-0.15, -0.1) is 0 Å². The molecule has 3 N–H and O–H groups in total. The van der Waals surface area contributed by atoms with Gasteiger partial charge < -0.3 is 20.4 Å². The van der Waals surface area contributed by atoms with E-state index >= 15 is 0 Å². The van der Waals surface area contributed by atoms with E-state index in [-0.39, 0.29) is 11.7 Å². The van der Waals surface area contributed by atoms with Gasteiger partial charge >= 0.3 is 0 Å². The van der Waals surface area contributed by atoms with E-state index in [2.05, 4.69) is 22.3 Å². The van der Waals surface area contributed by atoms with Crippen LogP contribution in [0.25, 0.3) is 16.6 Å². The molecule has 3 heterocycles. The number of ether oxygens (including phenoxy) is 1. The number of para-hydroxylation sites is 1. The molecule has 10 heteroatoms. The molecule has 2 aliphatic heterocycles. The van der Waals surface area contributed by atoms with Crippen LogP contribution in [0, 0.1) is 0 Å². The number of hydrogen-bond donors (Lipinski definition) is 2. The molecule has 5 rings (SSSR count). The van der Waals surface area contributed by atoms with Gasteiger partial charge in [-0.3, -0.25) is 9.69 Å². The quantitative estimate of drug-likeness (QED) is 0.353. The van der Waals surface area contributed by atoms with Crippen LogP contribution >= 0.6 is 0 Å². The normalized spacial score (nSPS) is 18.1. The molecule has 2 aliphatic rings. The molecular weight excluding hydrogens is 514 g/mol. The number of benzene rings is 2. The summed E-state index contributed by atoms with van der Waals surface area (Å²) in [7, 11) is -3.28. The number of rotatable bonds is 11. The van der Waals surface area contributed by atoms with Crippen molar-refractivity contribution in [1.29, 1.82) is 0 Å². The van der Waals surface area contributed by atoms with E-state index in [4.69, 9.17) is 10.5 Å². The first kappa shape index (κ1) is 27.8. The average Bonchev–Trinajstić information content (AvgIpc) is 3.40. The molecule has 0 saturated carbocycles. The predicted octanol–water partition coefficient (Wildman–Crippen LogP) is 2.55. The van der Waals surface area contributed by atoms with E-state index in [9.17, 15) is 13.2 Å². The maximum absolute atomic E-state index is 13.0. The van der Waals surface area contributed by atoms with Gasteiger partial charge in [-0.1, -0.05) is 24.3 Å². The third-order valence-corrected chi connectivity index (χ3v) is 9.78. The van der Waals surface area contributed by atoms with Crippen LogP contribution in [-0.2, 0) is 14.8 Å². The average molecular weight is 554 g/mol. The number of nitrogens with two attached hydrogens (primary N) is 1. The van der Waals surface area contributed by atoms with Crippen molar-refractivity contribution >= 4 is 26.8 Å². The summed E-state index contributed by atoms with van der Waals surface area (Å²) in [6.45, 7) is 6.95. The number of fused-ring (bicyclic) bond motifs is 1. The highest BCUT2D eigenvalue weighted by Crippen LogP contribution is 2.31. The fraction of sp³-hybridized carbons (Fsp3) is 0.483. The van der Waals surface area contributed by atoms with Gasteiger partial charge in [-0.05, 0) is 68.1 Å². The first-order valence-electron chi connectivity index (χ1n) is 13.9. The van der Waals surface area contributed by atoms with Crippen LogP contribution in [0.4, 0.5) is 0 Å². The summed E-state index contributed by atoms with van der Waals surface area (Å²) in [5.41, 5.74) is 9.09. The highest BCUT2D eigenvalue weighted by atomic mass is 32.2. The van der Waals surface area contributed by atoms with Crippen LogP contribution in [0.2, 0.25) is 0 Å². The van der Waals surface area contributed by atoms with Crippen LogP contribution < -0.4 is 11.1 Å². The van der Waals surface area contributed by atoms with Crippen molar-refractivity contribution in [2.75, 3.05) is 64.8 Å². The van der Waals surface area contributed by atoms with E-state index in [1.54, 1.807) is 10.4 Å². The van der Waals surface area contributed by atoms with Crippen LogP contribution in [-0.4, -0.2) is 92.9 Å². The monoisotopic (exact) mass is 553 g/mol. The zero-order valence-electron chi connectivity index (χ0n) is 22.4. The Morgan fingerprint density at radius 3 is 2.54 bits per heavy atom. The number of aromatic nitrogens is 1. The van der Waals surface area contributed by atoms with Crippen LogP contribution in [0.3, 0.4) is 0 Å². The third-order valence-electron chi connectivity index (χ3n) is 7.91. The van der Waals surface area contributed by atoms with Gasteiger partial charge in [0.25, 0.3) is 5.91 Å². The standard InChI is InChI=1S/C29H39N5O4S/c30-29(35)27-7-2-4-24-10-16-34(28(24)27)26-6-1-5-25(22-26)23-8-14-33(15-9-23)39(36,37)21-12-31-11-3-13-32-17-19-38-20-18-32/h1-2,4-7,10,16,22-23,31H,3,8-9,11-15,17-21H2,(H2,30,35). The van der Waals surface area contributed by atoms with Gasteiger partial charge in [0, 0.05) is 50.0 Å². The second-order valence-electron chi connectivity index (χ2n) is 10.4. The molecule has 210 valence electrons. The van der Waals surface area contributed by atoms with Crippen molar-refractivity contribution in [1.82, 2.24) is 19.1 Å². The lowest BCUT2D eigenvalue weighted by Gasteiger charge is -2.31. The number of nitrogens with zero attached hydrogens (tertiary/aromatic N) is 3. The molecule has 0 spiro atoms. The van der Waals surface area contributed by atoms with Crippen LogP contribution in [0.5, 0.6) is 0 Å². The van der Waals surface area contributed by atoms with Gasteiger partial charge in [0.15, 0.2) is 0 Å². The maximum Gasteiger partial charge on any atom is 0.250 e. The smallest absolute Gasteiger partial charge is 0.250 e. The largest absolute Gasteiger partial charge is 0.379 e. The molecule has 3 aromatic rings. The Kier molecular flexibility index (Phi) is 8.99. The molecular formula is C29H39N5O4S. The van der Waals surface area contributed by atoms with E-state index in [1.165, 1.54) is 5.56 Å². The van der Waals surface area contributed by atoms with Crippen LogP contribution in [0.1, 0.15) is 41.1 Å². The zero-order valence-corrected chi connectivity index (χ0v) is 23.2. The zero-order chi connectivity index (χ0) is 27.2. The number of amides is 1. The number of carbonyl (C=O) groups is 1. The lowest BCUT2D eigenvalue weighted by Crippen LogP contribution is -2.41. The molecule has 39 heavy (non-hydrogen) atoms. The molecule has 0 bridgehead atoms. The Hall–Kier alpha value is -2.76.